The van der Waals surface area contributed by atoms with E-state index in [-0.39, 0.29) is 13.0 Å². The summed E-state index contributed by atoms with van der Waals surface area (Å²) >= 11 is 5.94. The van der Waals surface area contributed by atoms with Gasteiger partial charge in [0, 0.05) is 18.0 Å². The lowest BCUT2D eigenvalue weighted by atomic mass is 9.92. The average Bonchev–Trinajstić information content (AvgIpc) is 2.90. The molecular weight excluding hydrogens is 401 g/mol. The van der Waals surface area contributed by atoms with Gasteiger partial charge in [-0.3, -0.25) is 14.5 Å². The summed E-state index contributed by atoms with van der Waals surface area (Å²) < 4.78 is 18.3. The molecule has 2 N–H and O–H groups in total. The lowest BCUT2D eigenvalue weighted by Crippen LogP contribution is -2.41. The number of carbonyl (C=O) groups is 3. The molecule has 4 amide bonds. The van der Waals surface area contributed by atoms with Crippen molar-refractivity contribution < 1.29 is 23.5 Å². The third kappa shape index (κ3) is 4.17. The number of anilines is 1. The number of rotatable bonds is 6. The number of amides is 4. The summed E-state index contributed by atoms with van der Waals surface area (Å²) in [6.07, 6.45) is -0.117. The van der Waals surface area contributed by atoms with Gasteiger partial charge in [-0.25, -0.2) is 9.18 Å². The second-order valence-corrected chi connectivity index (χ2v) is 7.10. The van der Waals surface area contributed by atoms with Crippen molar-refractivity contribution in [2.24, 2.45) is 0 Å². The Morgan fingerprint density at radius 3 is 2.59 bits per heavy atom. The maximum absolute atomic E-state index is 13.2. The minimum atomic E-state index is -1.32. The van der Waals surface area contributed by atoms with E-state index < -0.39 is 29.2 Å². The van der Waals surface area contributed by atoms with Crippen molar-refractivity contribution in [1.82, 2.24) is 10.2 Å². The molecular formula is C20H19ClFN3O4. The van der Waals surface area contributed by atoms with Crippen LogP contribution < -0.4 is 15.4 Å². The SMILES string of the molecule is COc1ccc(Cl)cc1NC(=O)CCN1C(=O)NC(C)(c2ccc(F)cc2)C1=O. The Bertz CT molecular complexity index is 967. The molecule has 0 spiro atoms. The highest BCUT2D eigenvalue weighted by Gasteiger charge is 2.48. The van der Waals surface area contributed by atoms with Crippen LogP contribution >= 0.6 is 11.6 Å². The van der Waals surface area contributed by atoms with E-state index >= 15 is 0 Å². The first-order valence-corrected chi connectivity index (χ1v) is 9.16. The molecule has 3 rings (SSSR count). The van der Waals surface area contributed by atoms with E-state index in [0.29, 0.717) is 22.0 Å². The molecule has 29 heavy (non-hydrogen) atoms. The van der Waals surface area contributed by atoms with Gasteiger partial charge < -0.3 is 15.4 Å². The summed E-state index contributed by atoms with van der Waals surface area (Å²) in [6.45, 7) is 1.42. The number of nitrogens with one attached hydrogen (secondary N) is 2. The van der Waals surface area contributed by atoms with E-state index in [9.17, 15) is 18.8 Å². The summed E-state index contributed by atoms with van der Waals surface area (Å²) in [5.41, 5.74) is -0.483. The van der Waals surface area contributed by atoms with Crippen LogP contribution in [0.1, 0.15) is 18.9 Å². The molecule has 7 nitrogen and oxygen atoms in total. The van der Waals surface area contributed by atoms with E-state index in [1.165, 1.54) is 44.4 Å². The third-order valence-electron chi connectivity index (χ3n) is 4.69. The number of hydrogen-bond acceptors (Lipinski definition) is 4. The monoisotopic (exact) mass is 419 g/mol. The third-order valence-corrected chi connectivity index (χ3v) is 4.93. The number of ether oxygens (including phenoxy) is 1. The van der Waals surface area contributed by atoms with Crippen molar-refractivity contribution in [2.45, 2.75) is 18.9 Å². The smallest absolute Gasteiger partial charge is 0.325 e. The van der Waals surface area contributed by atoms with Gasteiger partial charge in [0.25, 0.3) is 5.91 Å². The number of hydrogen-bond donors (Lipinski definition) is 2. The highest BCUT2D eigenvalue weighted by molar-refractivity contribution is 6.31. The molecule has 0 aliphatic carbocycles. The lowest BCUT2D eigenvalue weighted by Gasteiger charge is -2.22. The van der Waals surface area contributed by atoms with Gasteiger partial charge in [-0.05, 0) is 42.8 Å². The molecule has 1 saturated heterocycles. The molecule has 0 radical (unpaired) electrons. The van der Waals surface area contributed by atoms with E-state index in [1.54, 1.807) is 12.1 Å². The Hall–Kier alpha value is -3.13. The first-order chi connectivity index (χ1) is 13.7. The lowest BCUT2D eigenvalue weighted by molar-refractivity contribution is -0.131. The Morgan fingerprint density at radius 2 is 1.93 bits per heavy atom. The second kappa shape index (κ2) is 8.08. The highest BCUT2D eigenvalue weighted by Crippen LogP contribution is 2.30. The van der Waals surface area contributed by atoms with Gasteiger partial charge >= 0.3 is 6.03 Å². The Balaban J connectivity index is 1.67. The van der Waals surface area contributed by atoms with Crippen LogP contribution in [0.4, 0.5) is 14.9 Å². The number of benzene rings is 2. The zero-order valence-electron chi connectivity index (χ0n) is 15.8. The zero-order valence-corrected chi connectivity index (χ0v) is 16.5. The van der Waals surface area contributed by atoms with Crippen LogP contribution in [0.5, 0.6) is 5.75 Å². The molecule has 1 aliphatic rings. The van der Waals surface area contributed by atoms with E-state index in [0.717, 1.165) is 4.90 Å². The van der Waals surface area contributed by atoms with Crippen LogP contribution in [0.3, 0.4) is 0 Å². The summed E-state index contributed by atoms with van der Waals surface area (Å²) in [4.78, 5) is 38.4. The van der Waals surface area contributed by atoms with Gasteiger partial charge in [0.15, 0.2) is 0 Å². The summed E-state index contributed by atoms with van der Waals surface area (Å²) in [7, 11) is 1.46. The minimum Gasteiger partial charge on any atom is -0.495 e. The quantitative estimate of drug-likeness (QED) is 0.703. The van der Waals surface area contributed by atoms with Crippen LogP contribution in [0.25, 0.3) is 0 Å². The van der Waals surface area contributed by atoms with Gasteiger partial charge in [-0.15, -0.1) is 0 Å². The van der Waals surface area contributed by atoms with Crippen molar-refractivity contribution in [2.75, 3.05) is 19.0 Å². The molecule has 0 aromatic heterocycles. The van der Waals surface area contributed by atoms with Gasteiger partial charge in [0.05, 0.1) is 12.8 Å². The van der Waals surface area contributed by atoms with E-state index in [1.807, 2.05) is 0 Å². The van der Waals surface area contributed by atoms with Crippen molar-refractivity contribution in [3.05, 3.63) is 58.9 Å². The Kier molecular flexibility index (Phi) is 5.74. The van der Waals surface area contributed by atoms with Crippen LogP contribution in [-0.4, -0.2) is 36.4 Å². The van der Waals surface area contributed by atoms with Crippen LogP contribution in [0, 0.1) is 5.82 Å². The number of carbonyl (C=O) groups excluding carboxylic acids is 3. The van der Waals surface area contributed by atoms with E-state index in [2.05, 4.69) is 10.6 Å². The fourth-order valence-electron chi connectivity index (χ4n) is 3.08. The summed E-state index contributed by atoms with van der Waals surface area (Å²) in [6, 6.07) is 9.48. The van der Waals surface area contributed by atoms with Crippen molar-refractivity contribution >= 4 is 35.1 Å². The van der Waals surface area contributed by atoms with Gasteiger partial charge in [0.1, 0.15) is 17.1 Å². The average molecular weight is 420 g/mol. The number of methoxy groups -OCH3 is 1. The number of urea groups is 1. The van der Waals surface area contributed by atoms with Crippen LogP contribution in [0.15, 0.2) is 42.5 Å². The summed E-state index contributed by atoms with van der Waals surface area (Å²) in [5.74, 6) is -0.940. The first kappa shape index (κ1) is 20.6. The normalized spacial score (nSPS) is 18.6. The molecule has 1 heterocycles. The maximum Gasteiger partial charge on any atom is 0.325 e. The first-order valence-electron chi connectivity index (χ1n) is 8.78. The molecule has 9 heteroatoms. The standard InChI is InChI=1S/C20H19ClFN3O4/c1-20(12-3-6-14(22)7-4-12)18(27)25(19(28)24-20)10-9-17(26)23-15-11-13(21)5-8-16(15)29-2/h3-8,11H,9-10H2,1-2H3,(H,23,26)(H,24,28). The number of nitrogens with zero attached hydrogens (tertiary/aromatic N) is 1. The molecule has 1 aliphatic heterocycles. The number of imide groups is 1. The molecule has 2 aromatic carbocycles. The van der Waals surface area contributed by atoms with Crippen LogP contribution in [-0.2, 0) is 15.1 Å². The molecule has 1 atom stereocenters. The molecule has 0 bridgehead atoms. The molecule has 0 saturated carbocycles. The zero-order chi connectivity index (χ0) is 21.2. The van der Waals surface area contributed by atoms with Crippen molar-refractivity contribution in [3.8, 4) is 5.75 Å². The molecule has 1 fully saturated rings. The van der Waals surface area contributed by atoms with Gasteiger partial charge in [-0.2, -0.15) is 0 Å². The number of halogens is 2. The molecule has 2 aromatic rings. The second-order valence-electron chi connectivity index (χ2n) is 6.66. The van der Waals surface area contributed by atoms with Crippen LogP contribution in [0.2, 0.25) is 5.02 Å². The Labute approximate surface area is 171 Å². The van der Waals surface area contributed by atoms with Crippen molar-refractivity contribution in [1.29, 1.82) is 0 Å². The fourth-order valence-corrected chi connectivity index (χ4v) is 3.25. The maximum atomic E-state index is 13.2. The van der Waals surface area contributed by atoms with Gasteiger partial charge in [0.2, 0.25) is 5.91 Å². The minimum absolute atomic E-state index is 0.115. The predicted octanol–water partition coefficient (Wildman–Crippen LogP) is 3.28. The highest BCUT2D eigenvalue weighted by atomic mass is 35.5. The van der Waals surface area contributed by atoms with E-state index in [4.69, 9.17) is 16.3 Å². The predicted molar refractivity (Wildman–Crippen MR) is 105 cm³/mol. The van der Waals surface area contributed by atoms with Crippen molar-refractivity contribution in [3.63, 3.8) is 0 Å². The molecule has 152 valence electrons. The van der Waals surface area contributed by atoms with Gasteiger partial charge in [-0.1, -0.05) is 23.7 Å². The fraction of sp³-hybridized carbons (Fsp3) is 0.250. The molecule has 1 unspecified atom stereocenters. The Morgan fingerprint density at radius 1 is 1.24 bits per heavy atom. The largest absolute Gasteiger partial charge is 0.495 e. The topological polar surface area (TPSA) is 87.7 Å². The summed E-state index contributed by atoms with van der Waals surface area (Å²) in [5, 5.41) is 5.69.